The number of hydrogen-bond donors (Lipinski definition) is 1. The molecule has 2 amide bonds. The van der Waals surface area contributed by atoms with Crippen molar-refractivity contribution in [1.29, 1.82) is 0 Å². The zero-order valence-corrected chi connectivity index (χ0v) is 16.3. The maximum Gasteiger partial charge on any atom is 0.255 e. The van der Waals surface area contributed by atoms with Gasteiger partial charge in [0.1, 0.15) is 12.7 Å². The van der Waals surface area contributed by atoms with Crippen LogP contribution >= 0.6 is 15.9 Å². The van der Waals surface area contributed by atoms with Gasteiger partial charge in [0.15, 0.2) is 5.82 Å². The minimum absolute atomic E-state index is 0.0703. The highest BCUT2D eigenvalue weighted by Gasteiger charge is 2.16. The molecule has 0 aliphatic heterocycles. The van der Waals surface area contributed by atoms with E-state index >= 15 is 0 Å². The van der Waals surface area contributed by atoms with Gasteiger partial charge in [0, 0.05) is 23.4 Å². The third-order valence-electron chi connectivity index (χ3n) is 3.84. The van der Waals surface area contributed by atoms with Crippen LogP contribution in [-0.2, 0) is 4.79 Å². The summed E-state index contributed by atoms with van der Waals surface area (Å²) in [7, 11) is 1.57. The Bertz CT molecular complexity index is 956. The van der Waals surface area contributed by atoms with E-state index in [1.807, 2.05) is 25.1 Å². The van der Waals surface area contributed by atoms with E-state index in [-0.39, 0.29) is 18.4 Å². The monoisotopic (exact) mass is 428 g/mol. The highest BCUT2D eigenvalue weighted by Crippen LogP contribution is 2.20. The van der Waals surface area contributed by atoms with Crippen molar-refractivity contribution in [2.75, 3.05) is 18.9 Å². The molecule has 138 valence electrons. The summed E-state index contributed by atoms with van der Waals surface area (Å²) in [4.78, 5) is 34.2. The second-order valence-corrected chi connectivity index (χ2v) is 6.83. The Kier molecular flexibility index (Phi) is 5.60. The van der Waals surface area contributed by atoms with Crippen LogP contribution in [0.4, 0.5) is 5.69 Å². The summed E-state index contributed by atoms with van der Waals surface area (Å²) >= 11 is 3.38. The number of benzene rings is 1. The maximum absolute atomic E-state index is 12.5. The molecule has 1 N–H and O–H groups in total. The molecule has 0 atom stereocenters. The molecular formula is C18H17BrN6O2. The van der Waals surface area contributed by atoms with Gasteiger partial charge in [-0.2, -0.15) is 5.10 Å². The van der Waals surface area contributed by atoms with Gasteiger partial charge in [0.2, 0.25) is 5.91 Å². The first kappa shape index (κ1) is 18.7. The summed E-state index contributed by atoms with van der Waals surface area (Å²) in [6.07, 6.45) is 4.37. The molecule has 0 radical (unpaired) electrons. The number of aromatic nitrogens is 4. The lowest BCUT2D eigenvalue weighted by molar-refractivity contribution is -0.116. The van der Waals surface area contributed by atoms with E-state index in [2.05, 4.69) is 36.3 Å². The molecule has 0 saturated carbocycles. The molecule has 3 aromatic rings. The quantitative estimate of drug-likeness (QED) is 0.673. The van der Waals surface area contributed by atoms with Crippen LogP contribution in [0.5, 0.6) is 0 Å². The van der Waals surface area contributed by atoms with Crippen LogP contribution in [0.25, 0.3) is 5.82 Å². The number of anilines is 1. The second kappa shape index (κ2) is 8.09. The fourth-order valence-electron chi connectivity index (χ4n) is 2.44. The minimum atomic E-state index is -0.296. The van der Waals surface area contributed by atoms with Crippen LogP contribution in [0.3, 0.4) is 0 Å². The Morgan fingerprint density at radius 1 is 1.26 bits per heavy atom. The number of rotatable bonds is 5. The summed E-state index contributed by atoms with van der Waals surface area (Å²) in [6, 6.07) is 8.87. The number of likely N-dealkylation sites (N-methyl/N-ethyl adjacent to an activating group) is 1. The molecule has 0 saturated heterocycles. The summed E-state index contributed by atoms with van der Waals surface area (Å²) in [6.45, 7) is 1.83. The standard InChI is InChI=1S/C18H17BrN6O2/c1-12-7-14(19)4-5-15(12)23-17(26)9-24(2)18(27)13-3-6-16(21-8-13)25-11-20-10-22-25/h3-8,10-11H,9H2,1-2H3,(H,23,26). The van der Waals surface area contributed by atoms with E-state index in [1.165, 1.54) is 28.4 Å². The molecule has 2 aromatic heterocycles. The van der Waals surface area contributed by atoms with Gasteiger partial charge in [0.25, 0.3) is 5.91 Å². The zero-order chi connectivity index (χ0) is 19.4. The Labute approximate surface area is 164 Å². The van der Waals surface area contributed by atoms with Gasteiger partial charge in [-0.05, 0) is 42.8 Å². The van der Waals surface area contributed by atoms with E-state index in [0.717, 1.165) is 10.0 Å². The third kappa shape index (κ3) is 4.56. The number of hydrogen-bond acceptors (Lipinski definition) is 5. The average molecular weight is 429 g/mol. The molecule has 9 heteroatoms. The van der Waals surface area contributed by atoms with Crippen LogP contribution in [0, 0.1) is 6.92 Å². The number of carbonyl (C=O) groups excluding carboxylic acids is 2. The van der Waals surface area contributed by atoms with Gasteiger partial charge in [-0.15, -0.1) is 0 Å². The van der Waals surface area contributed by atoms with Crippen molar-refractivity contribution in [1.82, 2.24) is 24.6 Å². The van der Waals surface area contributed by atoms with Crippen molar-refractivity contribution in [3.8, 4) is 5.82 Å². The molecule has 2 heterocycles. The average Bonchev–Trinajstić information content (AvgIpc) is 3.18. The van der Waals surface area contributed by atoms with E-state index in [4.69, 9.17) is 0 Å². The summed E-state index contributed by atoms with van der Waals surface area (Å²) < 4.78 is 2.43. The number of halogens is 1. The van der Waals surface area contributed by atoms with E-state index in [9.17, 15) is 9.59 Å². The normalized spacial score (nSPS) is 10.5. The van der Waals surface area contributed by atoms with Crippen molar-refractivity contribution in [3.05, 3.63) is 64.8 Å². The van der Waals surface area contributed by atoms with Crippen LogP contribution in [-0.4, -0.2) is 50.1 Å². The lowest BCUT2D eigenvalue weighted by atomic mass is 10.2. The Morgan fingerprint density at radius 3 is 2.70 bits per heavy atom. The van der Waals surface area contributed by atoms with Crippen molar-refractivity contribution in [2.24, 2.45) is 0 Å². The first-order valence-corrected chi connectivity index (χ1v) is 8.86. The maximum atomic E-state index is 12.5. The number of amides is 2. The van der Waals surface area contributed by atoms with Gasteiger partial charge in [-0.3, -0.25) is 9.59 Å². The summed E-state index contributed by atoms with van der Waals surface area (Å²) in [5.41, 5.74) is 2.02. The van der Waals surface area contributed by atoms with Gasteiger partial charge in [0.05, 0.1) is 12.1 Å². The Hall–Kier alpha value is -3.07. The molecule has 0 spiro atoms. The summed E-state index contributed by atoms with van der Waals surface area (Å²) in [5.74, 6) is -0.0195. The van der Waals surface area contributed by atoms with Gasteiger partial charge in [-0.25, -0.2) is 14.6 Å². The van der Waals surface area contributed by atoms with E-state index < -0.39 is 0 Å². The molecule has 0 bridgehead atoms. The lowest BCUT2D eigenvalue weighted by Gasteiger charge is -2.17. The van der Waals surface area contributed by atoms with Crippen LogP contribution in [0.15, 0.2) is 53.7 Å². The second-order valence-electron chi connectivity index (χ2n) is 5.91. The molecule has 0 aliphatic carbocycles. The summed E-state index contributed by atoms with van der Waals surface area (Å²) in [5, 5.41) is 6.79. The highest BCUT2D eigenvalue weighted by atomic mass is 79.9. The van der Waals surface area contributed by atoms with Crippen LogP contribution < -0.4 is 5.32 Å². The topological polar surface area (TPSA) is 93.0 Å². The third-order valence-corrected chi connectivity index (χ3v) is 4.33. The molecular weight excluding hydrogens is 412 g/mol. The lowest BCUT2D eigenvalue weighted by Crippen LogP contribution is -2.35. The van der Waals surface area contributed by atoms with E-state index in [0.29, 0.717) is 17.1 Å². The molecule has 3 rings (SSSR count). The number of nitrogens with one attached hydrogen (secondary N) is 1. The first-order valence-electron chi connectivity index (χ1n) is 8.06. The minimum Gasteiger partial charge on any atom is -0.332 e. The van der Waals surface area contributed by atoms with E-state index in [1.54, 1.807) is 19.2 Å². The van der Waals surface area contributed by atoms with Gasteiger partial charge < -0.3 is 10.2 Å². The van der Waals surface area contributed by atoms with Crippen LogP contribution in [0.2, 0.25) is 0 Å². The fraction of sp³-hybridized carbons (Fsp3) is 0.167. The fourth-order valence-corrected chi connectivity index (χ4v) is 2.91. The van der Waals surface area contributed by atoms with Crippen LogP contribution in [0.1, 0.15) is 15.9 Å². The Balaban J connectivity index is 1.62. The molecule has 8 nitrogen and oxygen atoms in total. The molecule has 1 aromatic carbocycles. The zero-order valence-electron chi connectivity index (χ0n) is 14.8. The first-order chi connectivity index (χ1) is 12.9. The molecule has 0 aliphatic rings. The molecule has 0 unspecified atom stereocenters. The smallest absolute Gasteiger partial charge is 0.255 e. The van der Waals surface area contributed by atoms with Crippen molar-refractivity contribution in [2.45, 2.75) is 6.92 Å². The number of carbonyl (C=O) groups is 2. The predicted octanol–water partition coefficient (Wildman–Crippen LogP) is 2.44. The highest BCUT2D eigenvalue weighted by molar-refractivity contribution is 9.10. The van der Waals surface area contributed by atoms with Crippen molar-refractivity contribution < 1.29 is 9.59 Å². The van der Waals surface area contributed by atoms with Crippen molar-refractivity contribution in [3.63, 3.8) is 0 Å². The number of aryl methyl sites for hydroxylation is 1. The Morgan fingerprint density at radius 2 is 2.07 bits per heavy atom. The molecule has 0 fully saturated rings. The largest absolute Gasteiger partial charge is 0.332 e. The SMILES string of the molecule is Cc1cc(Br)ccc1NC(=O)CN(C)C(=O)c1ccc(-n2cncn2)nc1. The van der Waals surface area contributed by atoms with Crippen molar-refractivity contribution >= 4 is 33.4 Å². The molecule has 27 heavy (non-hydrogen) atoms. The number of pyridine rings is 1. The predicted molar refractivity (Wildman–Crippen MR) is 104 cm³/mol. The van der Waals surface area contributed by atoms with Gasteiger partial charge in [-0.1, -0.05) is 15.9 Å². The van der Waals surface area contributed by atoms with Gasteiger partial charge >= 0.3 is 0 Å². The number of nitrogens with zero attached hydrogens (tertiary/aromatic N) is 5.